The van der Waals surface area contributed by atoms with E-state index < -0.39 is 0 Å². The van der Waals surface area contributed by atoms with Crippen LogP contribution in [0.4, 0.5) is 4.39 Å². The predicted molar refractivity (Wildman–Crippen MR) is 117 cm³/mol. The lowest BCUT2D eigenvalue weighted by atomic mass is 10.1. The Morgan fingerprint density at radius 3 is 2.55 bits per heavy atom. The van der Waals surface area contributed by atoms with Crippen LogP contribution >= 0.6 is 11.8 Å². The third-order valence-electron chi connectivity index (χ3n) is 4.84. The van der Waals surface area contributed by atoms with E-state index in [9.17, 15) is 9.18 Å². The van der Waals surface area contributed by atoms with E-state index in [1.165, 1.54) is 17.8 Å². The van der Waals surface area contributed by atoms with Gasteiger partial charge in [-0.3, -0.25) is 4.79 Å². The maximum absolute atomic E-state index is 14.1. The maximum atomic E-state index is 14.1. The van der Waals surface area contributed by atoms with E-state index >= 15 is 0 Å². The average molecular weight is 437 g/mol. The number of nitrogens with one attached hydrogen (secondary N) is 1. The monoisotopic (exact) mass is 436 g/mol. The molecule has 0 aliphatic rings. The molecule has 0 saturated carbocycles. The van der Waals surface area contributed by atoms with Gasteiger partial charge in [-0.2, -0.15) is 0 Å². The quantitative estimate of drug-likeness (QED) is 0.450. The van der Waals surface area contributed by atoms with Crippen LogP contribution in [0.5, 0.6) is 0 Å². The molecule has 0 bridgehead atoms. The molecule has 2 aromatic carbocycles. The number of nitrogens with zero attached hydrogens (tertiary/aromatic N) is 5. The lowest BCUT2D eigenvalue weighted by molar-refractivity contribution is -0.119. The fourth-order valence-electron chi connectivity index (χ4n) is 3.25. The largest absolute Gasteiger partial charge is 0.341 e. The highest BCUT2D eigenvalue weighted by Crippen LogP contribution is 2.25. The van der Waals surface area contributed by atoms with Crippen molar-refractivity contribution in [3.8, 4) is 11.4 Å². The van der Waals surface area contributed by atoms with E-state index in [1.807, 2.05) is 48.1 Å². The third-order valence-corrected chi connectivity index (χ3v) is 5.86. The maximum Gasteiger partial charge on any atom is 0.231 e. The smallest absolute Gasteiger partial charge is 0.231 e. The molecule has 1 amide bonds. The Bertz CT molecular complexity index is 1190. The zero-order chi connectivity index (χ0) is 21.8. The minimum atomic E-state index is -0.372. The van der Waals surface area contributed by atoms with Crippen molar-refractivity contribution in [3.63, 3.8) is 0 Å². The number of rotatable bonds is 7. The zero-order valence-corrected chi connectivity index (χ0v) is 17.9. The Balaban J connectivity index is 1.47. The van der Waals surface area contributed by atoms with Crippen molar-refractivity contribution < 1.29 is 9.18 Å². The summed E-state index contributed by atoms with van der Waals surface area (Å²) in [7, 11) is 3.64. The second-order valence-electron chi connectivity index (χ2n) is 6.94. The van der Waals surface area contributed by atoms with Crippen molar-refractivity contribution in [2.75, 3.05) is 5.75 Å². The van der Waals surface area contributed by atoms with Gasteiger partial charge in [0, 0.05) is 26.5 Å². The van der Waals surface area contributed by atoms with Crippen LogP contribution in [0.15, 0.2) is 72.1 Å². The highest BCUT2D eigenvalue weighted by atomic mass is 32.2. The molecule has 1 N–H and O–H groups in total. The standard InChI is InChI=1S/C22H21FN6OS/c1-28-13-12-24-21(28)19(15-8-4-3-5-9-15)25-18(30)14-31-22-27-26-20(29(22)2)16-10-6-7-11-17(16)23/h3-13,19H,14H2,1-2H3,(H,25,30). The van der Waals surface area contributed by atoms with Crippen molar-refractivity contribution >= 4 is 17.7 Å². The number of hydrogen-bond donors (Lipinski definition) is 1. The number of aryl methyl sites for hydroxylation is 1. The molecule has 0 aliphatic heterocycles. The SMILES string of the molecule is Cn1ccnc1C(NC(=O)CSc1nnc(-c2ccccc2F)n1C)c1ccccc1. The van der Waals surface area contributed by atoms with Gasteiger partial charge in [-0.15, -0.1) is 10.2 Å². The van der Waals surface area contributed by atoms with Crippen molar-refractivity contribution in [2.45, 2.75) is 11.2 Å². The Labute approximate surface area is 183 Å². The first kappa shape index (κ1) is 20.8. The van der Waals surface area contributed by atoms with Crippen LogP contribution < -0.4 is 5.32 Å². The van der Waals surface area contributed by atoms with Crippen LogP contribution in [0.3, 0.4) is 0 Å². The number of thioether (sulfide) groups is 1. The first-order valence-corrected chi connectivity index (χ1v) is 10.6. The number of halogens is 1. The molecule has 4 rings (SSSR count). The van der Waals surface area contributed by atoms with Crippen molar-refractivity contribution in [2.24, 2.45) is 14.1 Å². The molecule has 0 spiro atoms. The van der Waals surface area contributed by atoms with Gasteiger partial charge >= 0.3 is 0 Å². The van der Waals surface area contributed by atoms with Gasteiger partial charge in [0.15, 0.2) is 11.0 Å². The number of amides is 1. The van der Waals surface area contributed by atoms with Crippen molar-refractivity contribution in [3.05, 3.63) is 84.2 Å². The lowest BCUT2D eigenvalue weighted by Crippen LogP contribution is -2.32. The summed E-state index contributed by atoms with van der Waals surface area (Å²) in [5.41, 5.74) is 1.31. The molecular formula is C22H21FN6OS. The highest BCUT2D eigenvalue weighted by molar-refractivity contribution is 7.99. The van der Waals surface area contributed by atoms with E-state index in [2.05, 4.69) is 20.5 Å². The number of benzene rings is 2. The number of carbonyl (C=O) groups excluding carboxylic acids is 1. The zero-order valence-electron chi connectivity index (χ0n) is 17.1. The summed E-state index contributed by atoms with van der Waals surface area (Å²) in [6.07, 6.45) is 3.55. The van der Waals surface area contributed by atoms with Crippen LogP contribution in [-0.4, -0.2) is 36.0 Å². The van der Waals surface area contributed by atoms with E-state index in [0.29, 0.717) is 16.5 Å². The van der Waals surface area contributed by atoms with Gasteiger partial charge in [0.05, 0.1) is 11.3 Å². The van der Waals surface area contributed by atoms with E-state index in [4.69, 9.17) is 0 Å². The fraction of sp³-hybridized carbons (Fsp3) is 0.182. The molecule has 2 heterocycles. The van der Waals surface area contributed by atoms with Gasteiger partial charge < -0.3 is 14.5 Å². The molecule has 0 radical (unpaired) electrons. The lowest BCUT2D eigenvalue weighted by Gasteiger charge is -2.19. The van der Waals surface area contributed by atoms with Gasteiger partial charge in [-0.1, -0.05) is 54.2 Å². The van der Waals surface area contributed by atoms with Gasteiger partial charge in [0.2, 0.25) is 5.91 Å². The summed E-state index contributed by atoms with van der Waals surface area (Å²) in [6, 6.07) is 15.7. The molecule has 2 aromatic heterocycles. The topological polar surface area (TPSA) is 77.6 Å². The second-order valence-corrected chi connectivity index (χ2v) is 7.88. The number of hydrogen-bond acceptors (Lipinski definition) is 5. The molecule has 158 valence electrons. The summed E-state index contributed by atoms with van der Waals surface area (Å²) >= 11 is 1.24. The summed E-state index contributed by atoms with van der Waals surface area (Å²) in [4.78, 5) is 17.2. The molecule has 0 aliphatic carbocycles. The molecule has 9 heteroatoms. The summed E-state index contributed by atoms with van der Waals surface area (Å²) in [6.45, 7) is 0. The number of carbonyl (C=O) groups is 1. The first-order valence-electron chi connectivity index (χ1n) is 9.63. The van der Waals surface area contributed by atoms with Crippen LogP contribution in [0.25, 0.3) is 11.4 Å². The van der Waals surface area contributed by atoms with Crippen molar-refractivity contribution in [1.29, 1.82) is 0 Å². The minimum absolute atomic E-state index is 0.136. The third kappa shape index (κ3) is 4.51. The van der Waals surface area contributed by atoms with E-state index in [0.717, 1.165) is 11.4 Å². The summed E-state index contributed by atoms with van der Waals surface area (Å²) in [5, 5.41) is 11.8. The highest BCUT2D eigenvalue weighted by Gasteiger charge is 2.21. The molecule has 31 heavy (non-hydrogen) atoms. The van der Waals surface area contributed by atoms with Crippen LogP contribution in [0, 0.1) is 5.82 Å². The molecule has 0 saturated heterocycles. The van der Waals surface area contributed by atoms with Crippen LogP contribution in [-0.2, 0) is 18.9 Å². The van der Waals surface area contributed by atoms with Crippen molar-refractivity contribution in [1.82, 2.24) is 29.6 Å². The second kappa shape index (κ2) is 9.13. The molecule has 1 atom stereocenters. The van der Waals surface area contributed by atoms with Gasteiger partial charge in [-0.05, 0) is 17.7 Å². The average Bonchev–Trinajstić information content (AvgIpc) is 3.37. The van der Waals surface area contributed by atoms with Crippen LogP contribution in [0.2, 0.25) is 0 Å². The molecule has 0 fully saturated rings. The Kier molecular flexibility index (Phi) is 6.13. The first-order chi connectivity index (χ1) is 15.0. The predicted octanol–water partition coefficient (Wildman–Crippen LogP) is 3.35. The molecule has 4 aromatic rings. The number of aromatic nitrogens is 5. The normalized spacial score (nSPS) is 12.0. The molecule has 7 nitrogen and oxygen atoms in total. The van der Waals surface area contributed by atoms with E-state index in [-0.39, 0.29) is 23.5 Å². The molecule has 1 unspecified atom stereocenters. The van der Waals surface area contributed by atoms with Gasteiger partial charge in [0.25, 0.3) is 0 Å². The fourth-order valence-corrected chi connectivity index (χ4v) is 3.97. The van der Waals surface area contributed by atoms with Gasteiger partial charge in [-0.25, -0.2) is 9.37 Å². The minimum Gasteiger partial charge on any atom is -0.341 e. The Morgan fingerprint density at radius 1 is 1.10 bits per heavy atom. The molecular weight excluding hydrogens is 415 g/mol. The summed E-state index contributed by atoms with van der Waals surface area (Å²) in [5.74, 6) is 0.753. The summed E-state index contributed by atoms with van der Waals surface area (Å²) < 4.78 is 17.7. The van der Waals surface area contributed by atoms with Gasteiger partial charge in [0.1, 0.15) is 17.7 Å². The van der Waals surface area contributed by atoms with E-state index in [1.54, 1.807) is 36.0 Å². The number of imidazole rings is 1. The van der Waals surface area contributed by atoms with Crippen LogP contribution in [0.1, 0.15) is 17.4 Å². The Morgan fingerprint density at radius 2 is 1.84 bits per heavy atom. The Hall–Kier alpha value is -3.46.